The minimum atomic E-state index is -3.77. The van der Waals surface area contributed by atoms with E-state index in [1.807, 2.05) is 4.90 Å². The molecule has 0 spiro atoms. The Balaban J connectivity index is 1.65. The van der Waals surface area contributed by atoms with Gasteiger partial charge in [0.2, 0.25) is 15.4 Å². The van der Waals surface area contributed by atoms with Crippen LogP contribution in [0.5, 0.6) is 0 Å². The van der Waals surface area contributed by atoms with Crippen LogP contribution in [0.1, 0.15) is 13.8 Å². The summed E-state index contributed by atoms with van der Waals surface area (Å²) >= 11 is 0.839. The number of hydrogen-bond donors (Lipinski definition) is 1. The third-order valence-corrected chi connectivity index (χ3v) is 7.24. The first-order valence-electron chi connectivity index (χ1n) is 8.42. The lowest BCUT2D eigenvalue weighted by atomic mass is 10.2. The summed E-state index contributed by atoms with van der Waals surface area (Å²) in [6.45, 7) is 5.00. The third kappa shape index (κ3) is 4.42. The Hall–Kier alpha value is -2.11. The molecule has 3 rings (SSSR count). The van der Waals surface area contributed by atoms with E-state index >= 15 is 0 Å². The fraction of sp³-hybridized carbons (Fsp3) is 0.438. The number of carbonyl (C=O) groups is 1. The molecule has 1 aliphatic heterocycles. The number of carbonyl (C=O) groups excluding carboxylic acids is 1. The fourth-order valence-corrected chi connectivity index (χ4v) is 5.03. The number of nitrogens with zero attached hydrogens (tertiary/aromatic N) is 4. The molecule has 1 aromatic carbocycles. The van der Waals surface area contributed by atoms with Crippen molar-refractivity contribution in [1.29, 1.82) is 0 Å². The van der Waals surface area contributed by atoms with Crippen LogP contribution in [0.2, 0.25) is 0 Å². The molecule has 1 aliphatic rings. The number of nitrogens with one attached hydrogen (secondary N) is 1. The first-order valence-corrected chi connectivity index (χ1v) is 10.7. The van der Waals surface area contributed by atoms with Gasteiger partial charge in [0.25, 0.3) is 10.0 Å². The minimum absolute atomic E-state index is 0.142. The monoisotopic (exact) mass is 413 g/mol. The van der Waals surface area contributed by atoms with Crippen LogP contribution in [-0.4, -0.2) is 55.0 Å². The number of halogens is 1. The highest BCUT2D eigenvalue weighted by atomic mass is 32.2. The average molecular weight is 414 g/mol. The van der Waals surface area contributed by atoms with Gasteiger partial charge in [0, 0.05) is 37.8 Å². The van der Waals surface area contributed by atoms with Crippen LogP contribution in [-0.2, 0) is 14.8 Å². The normalized spacial score (nSPS) is 15.9. The zero-order valence-corrected chi connectivity index (χ0v) is 16.6. The van der Waals surface area contributed by atoms with E-state index in [9.17, 15) is 17.6 Å². The first-order chi connectivity index (χ1) is 12.8. The van der Waals surface area contributed by atoms with Gasteiger partial charge in [-0.2, -0.15) is 4.31 Å². The highest BCUT2D eigenvalue weighted by molar-refractivity contribution is 7.91. The quantitative estimate of drug-likeness (QED) is 0.751. The lowest BCUT2D eigenvalue weighted by Gasteiger charge is -2.34. The lowest BCUT2D eigenvalue weighted by molar-refractivity contribution is -0.118. The molecule has 8 nitrogen and oxygen atoms in total. The van der Waals surface area contributed by atoms with Gasteiger partial charge in [0.1, 0.15) is 5.82 Å². The molecular formula is C16H20FN5O3S2. The molecule has 146 valence electrons. The van der Waals surface area contributed by atoms with E-state index in [0.717, 1.165) is 17.0 Å². The summed E-state index contributed by atoms with van der Waals surface area (Å²) in [4.78, 5) is 13.7. The van der Waals surface area contributed by atoms with Crippen molar-refractivity contribution in [3.8, 4) is 0 Å². The minimum Gasteiger partial charge on any atom is -0.369 e. The molecular weight excluding hydrogens is 393 g/mol. The molecule has 1 N–H and O–H groups in total. The van der Waals surface area contributed by atoms with Gasteiger partial charge in [0.05, 0.1) is 0 Å². The largest absolute Gasteiger partial charge is 0.369 e. The van der Waals surface area contributed by atoms with Crippen LogP contribution >= 0.6 is 11.3 Å². The van der Waals surface area contributed by atoms with Gasteiger partial charge in [-0.3, -0.25) is 4.79 Å². The van der Waals surface area contributed by atoms with E-state index in [-0.39, 0.29) is 40.2 Å². The molecule has 1 aromatic heterocycles. The number of benzene rings is 1. The number of sulfonamides is 1. The maximum atomic E-state index is 13.0. The molecule has 0 saturated carbocycles. The standard InChI is InChI=1S/C16H20FN5O3S2/c1-11(2)14(23)18-15-19-20-16(26-15)27(24,25)22-9-7-21(8-10-22)13-5-3-12(17)4-6-13/h3-6,11H,7-10H2,1-2H3,(H,18,19,23). The number of hydrogen-bond acceptors (Lipinski definition) is 7. The predicted octanol–water partition coefficient (Wildman–Crippen LogP) is 1.78. The Labute approximate surface area is 161 Å². The van der Waals surface area contributed by atoms with E-state index < -0.39 is 10.0 Å². The second kappa shape index (κ2) is 7.87. The van der Waals surface area contributed by atoms with Crippen molar-refractivity contribution in [2.75, 3.05) is 36.4 Å². The SMILES string of the molecule is CC(C)C(=O)Nc1nnc(S(=O)(=O)N2CCN(c3ccc(F)cc3)CC2)s1. The van der Waals surface area contributed by atoms with Crippen molar-refractivity contribution < 1.29 is 17.6 Å². The lowest BCUT2D eigenvalue weighted by Crippen LogP contribution is -2.48. The number of aromatic nitrogens is 2. The van der Waals surface area contributed by atoms with Crippen molar-refractivity contribution in [1.82, 2.24) is 14.5 Å². The Morgan fingerprint density at radius 1 is 1.15 bits per heavy atom. The molecule has 2 aromatic rings. The van der Waals surface area contributed by atoms with Crippen LogP contribution < -0.4 is 10.2 Å². The first kappa shape index (κ1) is 19.6. The van der Waals surface area contributed by atoms with Crippen molar-refractivity contribution in [2.24, 2.45) is 5.92 Å². The van der Waals surface area contributed by atoms with Crippen molar-refractivity contribution >= 4 is 38.1 Å². The summed E-state index contributed by atoms with van der Waals surface area (Å²) in [6, 6.07) is 6.11. The Bertz CT molecular complexity index is 906. The summed E-state index contributed by atoms with van der Waals surface area (Å²) in [6.07, 6.45) is 0. The molecule has 1 amide bonds. The van der Waals surface area contributed by atoms with Gasteiger partial charge in [-0.05, 0) is 24.3 Å². The van der Waals surface area contributed by atoms with E-state index in [0.29, 0.717) is 13.1 Å². The molecule has 11 heteroatoms. The third-order valence-electron chi connectivity index (χ3n) is 4.15. The number of anilines is 2. The fourth-order valence-electron chi connectivity index (χ4n) is 2.56. The summed E-state index contributed by atoms with van der Waals surface area (Å²) in [5, 5.41) is 10.2. The Morgan fingerprint density at radius 3 is 2.37 bits per heavy atom. The molecule has 1 saturated heterocycles. The van der Waals surface area contributed by atoms with Gasteiger partial charge in [-0.25, -0.2) is 12.8 Å². The van der Waals surface area contributed by atoms with Gasteiger partial charge in [-0.15, -0.1) is 10.2 Å². The van der Waals surface area contributed by atoms with Crippen LogP contribution in [0.4, 0.5) is 15.2 Å². The van der Waals surface area contributed by atoms with Crippen LogP contribution in [0, 0.1) is 11.7 Å². The zero-order chi connectivity index (χ0) is 19.6. The second-order valence-electron chi connectivity index (χ2n) is 6.38. The number of amides is 1. The average Bonchev–Trinajstić information content (AvgIpc) is 3.12. The summed E-state index contributed by atoms with van der Waals surface area (Å²) in [5.41, 5.74) is 0.850. The molecule has 27 heavy (non-hydrogen) atoms. The Morgan fingerprint density at radius 2 is 1.78 bits per heavy atom. The summed E-state index contributed by atoms with van der Waals surface area (Å²) in [5.74, 6) is -0.798. The molecule has 0 unspecified atom stereocenters. The molecule has 0 radical (unpaired) electrons. The molecule has 0 aliphatic carbocycles. The molecule has 2 heterocycles. The predicted molar refractivity (Wildman–Crippen MR) is 101 cm³/mol. The Kier molecular flexibility index (Phi) is 5.72. The van der Waals surface area contributed by atoms with Crippen LogP contribution in [0.3, 0.4) is 0 Å². The summed E-state index contributed by atoms with van der Waals surface area (Å²) in [7, 11) is -3.77. The summed E-state index contributed by atoms with van der Waals surface area (Å²) < 4.78 is 39.8. The van der Waals surface area contributed by atoms with E-state index in [2.05, 4.69) is 15.5 Å². The van der Waals surface area contributed by atoms with Gasteiger partial charge in [0.15, 0.2) is 0 Å². The van der Waals surface area contributed by atoms with Crippen molar-refractivity contribution in [2.45, 2.75) is 18.2 Å². The highest BCUT2D eigenvalue weighted by Gasteiger charge is 2.32. The van der Waals surface area contributed by atoms with Crippen molar-refractivity contribution in [3.05, 3.63) is 30.1 Å². The smallest absolute Gasteiger partial charge is 0.272 e. The number of rotatable bonds is 5. The second-order valence-corrected chi connectivity index (χ2v) is 9.47. The highest BCUT2D eigenvalue weighted by Crippen LogP contribution is 2.25. The topological polar surface area (TPSA) is 95.5 Å². The molecule has 0 bridgehead atoms. The zero-order valence-electron chi connectivity index (χ0n) is 14.9. The molecule has 0 atom stereocenters. The van der Waals surface area contributed by atoms with E-state index in [1.54, 1.807) is 26.0 Å². The van der Waals surface area contributed by atoms with Crippen molar-refractivity contribution in [3.63, 3.8) is 0 Å². The van der Waals surface area contributed by atoms with Gasteiger partial charge >= 0.3 is 0 Å². The maximum Gasteiger partial charge on any atom is 0.272 e. The maximum absolute atomic E-state index is 13.0. The van der Waals surface area contributed by atoms with E-state index in [1.165, 1.54) is 16.4 Å². The van der Waals surface area contributed by atoms with Crippen LogP contribution in [0.15, 0.2) is 28.6 Å². The van der Waals surface area contributed by atoms with Gasteiger partial charge in [-0.1, -0.05) is 25.2 Å². The van der Waals surface area contributed by atoms with Gasteiger partial charge < -0.3 is 10.2 Å². The van der Waals surface area contributed by atoms with Crippen LogP contribution in [0.25, 0.3) is 0 Å². The molecule has 1 fully saturated rings. The number of piperazine rings is 1. The van der Waals surface area contributed by atoms with E-state index in [4.69, 9.17) is 0 Å².